The van der Waals surface area contributed by atoms with Gasteiger partial charge in [-0.2, -0.15) is 0 Å². The van der Waals surface area contributed by atoms with Gasteiger partial charge in [0, 0.05) is 10.4 Å². The molecule has 2 aromatic carbocycles. The summed E-state index contributed by atoms with van der Waals surface area (Å²) < 4.78 is 1.09. The quantitative estimate of drug-likeness (QED) is 0.690. The number of alkyl halides is 1. The molecule has 15 heavy (non-hydrogen) atoms. The molecule has 0 aliphatic heterocycles. The zero-order valence-electron chi connectivity index (χ0n) is 8.08. The summed E-state index contributed by atoms with van der Waals surface area (Å²) >= 11 is 9.28. The average molecular weight is 282 g/mol. The van der Waals surface area contributed by atoms with E-state index in [0.29, 0.717) is 5.88 Å². The van der Waals surface area contributed by atoms with Crippen molar-refractivity contribution >= 4 is 27.5 Å². The molecule has 0 saturated heterocycles. The Labute approximate surface area is 103 Å². The van der Waals surface area contributed by atoms with Gasteiger partial charge in [-0.1, -0.05) is 46.3 Å². The first-order valence-electron chi connectivity index (χ1n) is 4.70. The van der Waals surface area contributed by atoms with Gasteiger partial charge >= 0.3 is 0 Å². The van der Waals surface area contributed by atoms with Gasteiger partial charge in [-0.25, -0.2) is 0 Å². The predicted octanol–water partition coefficient (Wildman–Crippen LogP) is 4.85. The van der Waals surface area contributed by atoms with Crippen molar-refractivity contribution < 1.29 is 0 Å². The van der Waals surface area contributed by atoms with Gasteiger partial charge in [-0.15, -0.1) is 11.6 Å². The Morgan fingerprint density at radius 3 is 2.27 bits per heavy atom. The minimum Gasteiger partial charge on any atom is -0.122 e. The standard InChI is InChI=1S/C13H10BrCl/c14-13-6-2-5-12(8-13)11-4-1-3-10(7-11)9-15/h1-8H,9H2. The van der Waals surface area contributed by atoms with Gasteiger partial charge in [0.2, 0.25) is 0 Å². The number of hydrogen-bond donors (Lipinski definition) is 0. The fourth-order valence-electron chi connectivity index (χ4n) is 1.50. The fraction of sp³-hybridized carbons (Fsp3) is 0.0769. The van der Waals surface area contributed by atoms with E-state index in [2.05, 4.69) is 40.2 Å². The molecule has 0 N–H and O–H groups in total. The Morgan fingerprint density at radius 2 is 1.60 bits per heavy atom. The van der Waals surface area contributed by atoms with Gasteiger partial charge in [0.15, 0.2) is 0 Å². The van der Waals surface area contributed by atoms with E-state index in [4.69, 9.17) is 11.6 Å². The van der Waals surface area contributed by atoms with Gasteiger partial charge in [-0.3, -0.25) is 0 Å². The lowest BCUT2D eigenvalue weighted by molar-refractivity contribution is 1.40. The summed E-state index contributed by atoms with van der Waals surface area (Å²) in [5.41, 5.74) is 3.56. The third kappa shape index (κ3) is 2.61. The van der Waals surface area contributed by atoms with Crippen molar-refractivity contribution in [3.63, 3.8) is 0 Å². The van der Waals surface area contributed by atoms with Gasteiger partial charge in [-0.05, 0) is 34.9 Å². The van der Waals surface area contributed by atoms with E-state index in [1.54, 1.807) is 0 Å². The molecule has 0 aliphatic carbocycles. The fourth-order valence-corrected chi connectivity index (χ4v) is 2.07. The Morgan fingerprint density at radius 1 is 0.933 bits per heavy atom. The van der Waals surface area contributed by atoms with E-state index in [-0.39, 0.29) is 0 Å². The molecule has 0 atom stereocenters. The highest BCUT2D eigenvalue weighted by Crippen LogP contribution is 2.24. The van der Waals surface area contributed by atoms with E-state index in [1.807, 2.05) is 24.3 Å². The van der Waals surface area contributed by atoms with Crippen LogP contribution >= 0.6 is 27.5 Å². The van der Waals surface area contributed by atoms with Crippen LogP contribution in [0.3, 0.4) is 0 Å². The summed E-state index contributed by atoms with van der Waals surface area (Å²) in [6, 6.07) is 16.5. The van der Waals surface area contributed by atoms with E-state index in [0.717, 1.165) is 10.0 Å². The molecule has 0 fully saturated rings. The monoisotopic (exact) mass is 280 g/mol. The number of halogens is 2. The predicted molar refractivity (Wildman–Crippen MR) is 69.1 cm³/mol. The molecule has 0 bridgehead atoms. The number of benzene rings is 2. The van der Waals surface area contributed by atoms with Gasteiger partial charge in [0.1, 0.15) is 0 Å². The summed E-state index contributed by atoms with van der Waals surface area (Å²) in [7, 11) is 0. The summed E-state index contributed by atoms with van der Waals surface area (Å²) in [6.07, 6.45) is 0. The average Bonchev–Trinajstić information content (AvgIpc) is 2.29. The zero-order chi connectivity index (χ0) is 10.7. The first-order chi connectivity index (χ1) is 7.29. The number of rotatable bonds is 2. The summed E-state index contributed by atoms with van der Waals surface area (Å²) in [6.45, 7) is 0. The topological polar surface area (TPSA) is 0 Å². The van der Waals surface area contributed by atoms with Crippen LogP contribution in [0.25, 0.3) is 11.1 Å². The van der Waals surface area contributed by atoms with Crippen LogP contribution in [0, 0.1) is 0 Å². The highest BCUT2D eigenvalue weighted by atomic mass is 79.9. The van der Waals surface area contributed by atoms with E-state index in [9.17, 15) is 0 Å². The molecule has 0 aromatic heterocycles. The van der Waals surface area contributed by atoms with Crippen molar-refractivity contribution in [3.05, 3.63) is 58.6 Å². The Bertz CT molecular complexity index is 466. The third-order valence-corrected chi connectivity index (χ3v) is 3.04. The maximum atomic E-state index is 5.81. The van der Waals surface area contributed by atoms with Crippen molar-refractivity contribution in [2.45, 2.75) is 5.88 Å². The Balaban J connectivity index is 2.44. The zero-order valence-corrected chi connectivity index (χ0v) is 10.4. The minimum absolute atomic E-state index is 0.557. The molecular weight excluding hydrogens is 272 g/mol. The van der Waals surface area contributed by atoms with Crippen molar-refractivity contribution in [1.29, 1.82) is 0 Å². The first-order valence-corrected chi connectivity index (χ1v) is 6.03. The molecule has 0 aliphatic rings. The highest BCUT2D eigenvalue weighted by molar-refractivity contribution is 9.10. The highest BCUT2D eigenvalue weighted by Gasteiger charge is 1.99. The third-order valence-electron chi connectivity index (χ3n) is 2.24. The lowest BCUT2D eigenvalue weighted by Gasteiger charge is -2.03. The maximum Gasteiger partial charge on any atom is 0.0474 e. The van der Waals surface area contributed by atoms with Crippen LogP contribution in [-0.4, -0.2) is 0 Å². The summed E-state index contributed by atoms with van der Waals surface area (Å²) in [4.78, 5) is 0. The minimum atomic E-state index is 0.557. The van der Waals surface area contributed by atoms with E-state index < -0.39 is 0 Å². The summed E-state index contributed by atoms with van der Waals surface area (Å²) in [5.74, 6) is 0.557. The van der Waals surface area contributed by atoms with Crippen LogP contribution in [-0.2, 0) is 5.88 Å². The van der Waals surface area contributed by atoms with Crippen molar-refractivity contribution in [2.24, 2.45) is 0 Å². The molecule has 0 spiro atoms. The SMILES string of the molecule is ClCc1cccc(-c2cccc(Br)c2)c1. The molecule has 0 radical (unpaired) electrons. The van der Waals surface area contributed by atoms with Crippen LogP contribution < -0.4 is 0 Å². The van der Waals surface area contributed by atoms with Crippen LogP contribution in [0.2, 0.25) is 0 Å². The molecular formula is C13H10BrCl. The second kappa shape index (κ2) is 4.82. The van der Waals surface area contributed by atoms with Crippen LogP contribution in [0.1, 0.15) is 5.56 Å². The van der Waals surface area contributed by atoms with E-state index >= 15 is 0 Å². The normalized spacial score (nSPS) is 10.3. The first kappa shape index (κ1) is 10.7. The Hall–Kier alpha value is -0.790. The van der Waals surface area contributed by atoms with Crippen molar-refractivity contribution in [2.75, 3.05) is 0 Å². The molecule has 2 rings (SSSR count). The summed E-state index contributed by atoms with van der Waals surface area (Å²) in [5, 5.41) is 0. The maximum absolute atomic E-state index is 5.81. The van der Waals surface area contributed by atoms with Crippen LogP contribution in [0.15, 0.2) is 53.0 Å². The van der Waals surface area contributed by atoms with Crippen LogP contribution in [0.4, 0.5) is 0 Å². The van der Waals surface area contributed by atoms with E-state index in [1.165, 1.54) is 11.1 Å². The molecule has 0 nitrogen and oxygen atoms in total. The largest absolute Gasteiger partial charge is 0.122 e. The smallest absolute Gasteiger partial charge is 0.0474 e. The Kier molecular flexibility index (Phi) is 3.45. The van der Waals surface area contributed by atoms with Gasteiger partial charge in [0.25, 0.3) is 0 Å². The number of hydrogen-bond acceptors (Lipinski definition) is 0. The lowest BCUT2D eigenvalue weighted by Crippen LogP contribution is -1.81. The van der Waals surface area contributed by atoms with Gasteiger partial charge < -0.3 is 0 Å². The molecule has 2 heteroatoms. The molecule has 0 amide bonds. The van der Waals surface area contributed by atoms with Crippen molar-refractivity contribution in [1.82, 2.24) is 0 Å². The second-order valence-corrected chi connectivity index (χ2v) is 4.53. The molecule has 0 heterocycles. The molecule has 76 valence electrons. The molecule has 2 aromatic rings. The van der Waals surface area contributed by atoms with Crippen LogP contribution in [0.5, 0.6) is 0 Å². The van der Waals surface area contributed by atoms with Gasteiger partial charge in [0.05, 0.1) is 0 Å². The second-order valence-electron chi connectivity index (χ2n) is 3.34. The van der Waals surface area contributed by atoms with Crippen molar-refractivity contribution in [3.8, 4) is 11.1 Å². The lowest BCUT2D eigenvalue weighted by atomic mass is 10.0. The molecule has 0 unspecified atom stereocenters. The molecule has 0 saturated carbocycles.